The summed E-state index contributed by atoms with van der Waals surface area (Å²) in [5, 5.41) is 11.8. The SMILES string of the molecule is CCCCn1c(=O)c2c(C(O)c3ccc(Cl)cc3)c(Br)cnc2n(C)c1=O. The summed E-state index contributed by atoms with van der Waals surface area (Å²) in [6, 6.07) is 6.74. The molecular formula is C19H19BrClN3O3. The molecule has 0 saturated carbocycles. The third-order valence-electron chi connectivity index (χ3n) is 4.54. The van der Waals surface area contributed by atoms with Crippen LogP contribution in [-0.4, -0.2) is 19.2 Å². The lowest BCUT2D eigenvalue weighted by molar-refractivity contribution is 0.221. The van der Waals surface area contributed by atoms with Crippen LogP contribution in [0.5, 0.6) is 0 Å². The van der Waals surface area contributed by atoms with Gasteiger partial charge in [-0.15, -0.1) is 0 Å². The second-order valence-electron chi connectivity index (χ2n) is 6.32. The molecule has 6 nitrogen and oxygen atoms in total. The molecule has 3 aromatic rings. The standard InChI is InChI=1S/C19H19BrClN3O3/c1-3-4-9-24-18(26)15-14(16(25)11-5-7-12(21)8-6-11)13(20)10-22-17(15)23(2)19(24)27/h5-8,10,16,25H,3-4,9H2,1-2H3. The maximum absolute atomic E-state index is 13.1. The molecule has 142 valence electrons. The Bertz CT molecular complexity index is 1110. The molecule has 0 radical (unpaired) electrons. The van der Waals surface area contributed by atoms with Gasteiger partial charge in [-0.1, -0.05) is 37.1 Å². The fourth-order valence-electron chi connectivity index (χ4n) is 3.04. The van der Waals surface area contributed by atoms with Gasteiger partial charge in [0.15, 0.2) is 0 Å². The number of benzene rings is 1. The highest BCUT2D eigenvalue weighted by molar-refractivity contribution is 9.10. The van der Waals surface area contributed by atoms with E-state index in [-0.39, 0.29) is 11.0 Å². The van der Waals surface area contributed by atoms with Crippen LogP contribution in [0.3, 0.4) is 0 Å². The minimum Gasteiger partial charge on any atom is -0.384 e. The first-order valence-corrected chi connectivity index (χ1v) is 9.75. The van der Waals surface area contributed by atoms with Crippen LogP contribution in [-0.2, 0) is 13.6 Å². The molecule has 0 bridgehead atoms. The Morgan fingerprint density at radius 1 is 1.26 bits per heavy atom. The van der Waals surface area contributed by atoms with Gasteiger partial charge >= 0.3 is 5.69 Å². The van der Waals surface area contributed by atoms with Gasteiger partial charge in [0.25, 0.3) is 5.56 Å². The summed E-state index contributed by atoms with van der Waals surface area (Å²) in [5.74, 6) is 0. The van der Waals surface area contributed by atoms with Gasteiger partial charge < -0.3 is 5.11 Å². The van der Waals surface area contributed by atoms with Gasteiger partial charge in [0.2, 0.25) is 0 Å². The highest BCUT2D eigenvalue weighted by atomic mass is 79.9. The van der Waals surface area contributed by atoms with Crippen LogP contribution < -0.4 is 11.2 Å². The third-order valence-corrected chi connectivity index (χ3v) is 5.42. The third kappa shape index (κ3) is 3.59. The molecular weight excluding hydrogens is 434 g/mol. The molecule has 1 atom stereocenters. The first kappa shape index (κ1) is 19.8. The summed E-state index contributed by atoms with van der Waals surface area (Å²) >= 11 is 9.33. The molecule has 0 spiro atoms. The van der Waals surface area contributed by atoms with Crippen molar-refractivity contribution in [2.45, 2.75) is 32.4 Å². The normalized spacial score (nSPS) is 12.5. The average Bonchev–Trinajstić information content (AvgIpc) is 2.66. The summed E-state index contributed by atoms with van der Waals surface area (Å²) in [6.45, 7) is 2.31. The van der Waals surface area contributed by atoms with Crippen LogP contribution in [0.15, 0.2) is 44.5 Å². The van der Waals surface area contributed by atoms with Gasteiger partial charge in [0.05, 0.1) is 5.39 Å². The van der Waals surface area contributed by atoms with E-state index in [0.29, 0.717) is 33.6 Å². The van der Waals surface area contributed by atoms with E-state index in [4.69, 9.17) is 11.6 Å². The molecule has 8 heteroatoms. The van der Waals surface area contributed by atoms with Crippen LogP contribution >= 0.6 is 27.5 Å². The topological polar surface area (TPSA) is 77.1 Å². The van der Waals surface area contributed by atoms with E-state index in [0.717, 1.165) is 6.42 Å². The number of hydrogen-bond acceptors (Lipinski definition) is 4. The van der Waals surface area contributed by atoms with Gasteiger partial charge in [0.1, 0.15) is 11.8 Å². The van der Waals surface area contributed by atoms with Crippen molar-refractivity contribution in [2.24, 2.45) is 7.05 Å². The van der Waals surface area contributed by atoms with E-state index in [2.05, 4.69) is 20.9 Å². The van der Waals surface area contributed by atoms with Crippen molar-refractivity contribution in [3.05, 3.63) is 71.9 Å². The number of aliphatic hydroxyl groups excluding tert-OH is 1. The zero-order valence-electron chi connectivity index (χ0n) is 14.9. The maximum atomic E-state index is 13.1. The van der Waals surface area contributed by atoms with Crippen molar-refractivity contribution in [1.82, 2.24) is 14.1 Å². The van der Waals surface area contributed by atoms with Gasteiger partial charge in [-0.25, -0.2) is 9.78 Å². The molecule has 1 unspecified atom stereocenters. The Labute approximate surface area is 169 Å². The Morgan fingerprint density at radius 3 is 2.56 bits per heavy atom. The Balaban J connectivity index is 2.33. The van der Waals surface area contributed by atoms with E-state index >= 15 is 0 Å². The van der Waals surface area contributed by atoms with E-state index in [1.165, 1.54) is 15.3 Å². The predicted molar refractivity (Wildman–Crippen MR) is 109 cm³/mol. The molecule has 1 aromatic carbocycles. The average molecular weight is 453 g/mol. The summed E-state index contributed by atoms with van der Waals surface area (Å²) in [6.07, 6.45) is 1.97. The van der Waals surface area contributed by atoms with Crippen molar-refractivity contribution < 1.29 is 5.11 Å². The number of aromatic nitrogens is 3. The number of unbranched alkanes of at least 4 members (excludes halogenated alkanes) is 1. The smallest absolute Gasteiger partial charge is 0.332 e. The molecule has 0 amide bonds. The lowest BCUT2D eigenvalue weighted by Gasteiger charge is -2.18. The van der Waals surface area contributed by atoms with Gasteiger partial charge in [0, 0.05) is 34.8 Å². The van der Waals surface area contributed by atoms with Crippen molar-refractivity contribution in [3.8, 4) is 0 Å². The summed E-state index contributed by atoms with van der Waals surface area (Å²) in [5.41, 5.74) is 0.346. The number of fused-ring (bicyclic) bond motifs is 1. The first-order valence-electron chi connectivity index (χ1n) is 8.58. The highest BCUT2D eigenvalue weighted by Crippen LogP contribution is 2.32. The van der Waals surface area contributed by atoms with Crippen molar-refractivity contribution in [3.63, 3.8) is 0 Å². The number of pyridine rings is 1. The molecule has 2 heterocycles. The summed E-state index contributed by atoms with van der Waals surface area (Å²) in [4.78, 5) is 30.0. The van der Waals surface area contributed by atoms with Crippen LogP contribution in [0, 0.1) is 0 Å². The number of halogens is 2. The molecule has 0 aliphatic rings. The van der Waals surface area contributed by atoms with E-state index in [9.17, 15) is 14.7 Å². The molecule has 1 N–H and O–H groups in total. The van der Waals surface area contributed by atoms with Crippen LogP contribution in [0.2, 0.25) is 5.02 Å². The zero-order valence-corrected chi connectivity index (χ0v) is 17.3. The highest BCUT2D eigenvalue weighted by Gasteiger charge is 2.23. The minimum absolute atomic E-state index is 0.227. The molecule has 0 saturated heterocycles. The minimum atomic E-state index is -1.08. The molecule has 0 fully saturated rings. The van der Waals surface area contributed by atoms with Crippen LogP contribution in [0.25, 0.3) is 11.0 Å². The Kier molecular flexibility index (Phi) is 5.83. The molecule has 27 heavy (non-hydrogen) atoms. The number of aryl methyl sites for hydroxylation is 1. The molecule has 0 aliphatic carbocycles. The first-order chi connectivity index (χ1) is 12.9. The lowest BCUT2D eigenvalue weighted by Crippen LogP contribution is -2.40. The van der Waals surface area contributed by atoms with Gasteiger partial charge in [-0.3, -0.25) is 13.9 Å². The Morgan fingerprint density at radius 2 is 1.93 bits per heavy atom. The van der Waals surface area contributed by atoms with Crippen LogP contribution in [0.1, 0.15) is 37.0 Å². The van der Waals surface area contributed by atoms with Gasteiger partial charge in [-0.05, 0) is 40.0 Å². The summed E-state index contributed by atoms with van der Waals surface area (Å²) in [7, 11) is 1.58. The number of aliphatic hydroxyl groups is 1. The van der Waals surface area contributed by atoms with E-state index in [1.807, 2.05) is 6.92 Å². The predicted octanol–water partition coefficient (Wildman–Crippen LogP) is 3.39. The molecule has 0 aliphatic heterocycles. The summed E-state index contributed by atoms with van der Waals surface area (Å²) < 4.78 is 3.05. The lowest BCUT2D eigenvalue weighted by atomic mass is 10.00. The van der Waals surface area contributed by atoms with Crippen molar-refractivity contribution in [1.29, 1.82) is 0 Å². The molecule has 2 aromatic heterocycles. The monoisotopic (exact) mass is 451 g/mol. The largest absolute Gasteiger partial charge is 0.384 e. The second kappa shape index (κ2) is 7.96. The van der Waals surface area contributed by atoms with E-state index < -0.39 is 17.4 Å². The maximum Gasteiger partial charge on any atom is 0.332 e. The quantitative estimate of drug-likeness (QED) is 0.644. The zero-order chi connectivity index (χ0) is 19.7. The van der Waals surface area contributed by atoms with E-state index in [1.54, 1.807) is 31.3 Å². The fourth-order valence-corrected chi connectivity index (χ4v) is 3.69. The number of rotatable bonds is 5. The molecule has 3 rings (SSSR count). The van der Waals surface area contributed by atoms with Crippen molar-refractivity contribution >= 4 is 38.6 Å². The second-order valence-corrected chi connectivity index (χ2v) is 7.62. The fraction of sp³-hybridized carbons (Fsp3) is 0.316. The van der Waals surface area contributed by atoms with Crippen molar-refractivity contribution in [2.75, 3.05) is 0 Å². The van der Waals surface area contributed by atoms with Crippen LogP contribution in [0.4, 0.5) is 0 Å². The van der Waals surface area contributed by atoms with Gasteiger partial charge in [-0.2, -0.15) is 0 Å². The number of hydrogen-bond donors (Lipinski definition) is 1. The number of nitrogens with zero attached hydrogens (tertiary/aromatic N) is 3. The Hall–Kier alpha value is -1.96.